The van der Waals surface area contributed by atoms with Crippen LogP contribution in [-0.2, 0) is 4.79 Å². The summed E-state index contributed by atoms with van der Waals surface area (Å²) in [6.45, 7) is 0.776. The highest BCUT2D eigenvalue weighted by atomic mass is 79.9. The molecule has 1 fully saturated rings. The highest BCUT2D eigenvalue weighted by Crippen LogP contribution is 2.41. The highest BCUT2D eigenvalue weighted by Gasteiger charge is 2.37. The first-order valence-corrected chi connectivity index (χ1v) is 9.05. The molecule has 2 unspecified atom stereocenters. The van der Waals surface area contributed by atoms with Gasteiger partial charge in [-0.15, -0.1) is 11.3 Å². The lowest BCUT2D eigenvalue weighted by Gasteiger charge is -2.31. The summed E-state index contributed by atoms with van der Waals surface area (Å²) < 4.78 is 1.71. The third-order valence-electron chi connectivity index (χ3n) is 3.97. The number of hydrogen-bond donors (Lipinski definition) is 1. The zero-order chi connectivity index (χ0) is 15.7. The molecule has 3 rings (SSSR count). The summed E-state index contributed by atoms with van der Waals surface area (Å²) in [6, 6.07) is 11.3. The van der Waals surface area contributed by atoms with Crippen LogP contribution in [0.25, 0.3) is 0 Å². The van der Waals surface area contributed by atoms with Crippen LogP contribution >= 0.6 is 38.9 Å². The van der Waals surface area contributed by atoms with E-state index in [0.29, 0.717) is 6.42 Å². The van der Waals surface area contributed by atoms with E-state index in [1.807, 2.05) is 36.4 Å². The number of carboxylic acid groups (broad SMARTS) is 1. The molecule has 1 saturated heterocycles. The topological polar surface area (TPSA) is 40.5 Å². The van der Waals surface area contributed by atoms with Crippen LogP contribution in [0.5, 0.6) is 0 Å². The van der Waals surface area contributed by atoms with Crippen molar-refractivity contribution in [2.24, 2.45) is 0 Å². The van der Waals surface area contributed by atoms with E-state index in [-0.39, 0.29) is 6.04 Å². The molecule has 0 saturated carbocycles. The van der Waals surface area contributed by atoms with Crippen LogP contribution in [-0.4, -0.2) is 28.6 Å². The quantitative estimate of drug-likeness (QED) is 0.801. The van der Waals surface area contributed by atoms with Gasteiger partial charge in [0.05, 0.1) is 10.4 Å². The van der Waals surface area contributed by atoms with Crippen molar-refractivity contribution in [2.75, 3.05) is 6.54 Å². The Morgan fingerprint density at radius 2 is 2.14 bits per heavy atom. The maximum atomic E-state index is 11.6. The second-order valence-electron chi connectivity index (χ2n) is 5.30. The Hall–Kier alpha value is -0.880. The van der Waals surface area contributed by atoms with Crippen molar-refractivity contribution in [1.29, 1.82) is 0 Å². The molecule has 0 bridgehead atoms. The van der Waals surface area contributed by atoms with Gasteiger partial charge in [-0.25, -0.2) is 0 Å². The predicted molar refractivity (Wildman–Crippen MR) is 92.7 cm³/mol. The van der Waals surface area contributed by atoms with Crippen molar-refractivity contribution in [2.45, 2.75) is 24.9 Å². The van der Waals surface area contributed by atoms with Gasteiger partial charge in [0.1, 0.15) is 6.04 Å². The zero-order valence-corrected chi connectivity index (χ0v) is 14.9. The van der Waals surface area contributed by atoms with Crippen LogP contribution < -0.4 is 0 Å². The minimum Gasteiger partial charge on any atom is -0.480 e. The van der Waals surface area contributed by atoms with Crippen molar-refractivity contribution in [3.05, 3.63) is 55.6 Å². The van der Waals surface area contributed by atoms with Gasteiger partial charge < -0.3 is 5.11 Å². The number of aliphatic carboxylic acids is 1. The smallest absolute Gasteiger partial charge is 0.320 e. The Bertz CT molecular complexity index is 690. The van der Waals surface area contributed by atoms with Crippen LogP contribution in [0.3, 0.4) is 0 Å². The lowest BCUT2D eigenvalue weighted by molar-refractivity contribution is -0.142. The Balaban J connectivity index is 2.07. The summed E-state index contributed by atoms with van der Waals surface area (Å²) in [5.74, 6) is -0.753. The summed E-state index contributed by atoms with van der Waals surface area (Å²) in [4.78, 5) is 14.7. The minimum absolute atomic E-state index is 0.0864. The summed E-state index contributed by atoms with van der Waals surface area (Å²) in [5, 5.41) is 9.52. The van der Waals surface area contributed by atoms with Gasteiger partial charge in [0, 0.05) is 15.9 Å². The fourth-order valence-corrected chi connectivity index (χ4v) is 4.73. The molecule has 22 heavy (non-hydrogen) atoms. The Kier molecular flexibility index (Phi) is 4.88. The highest BCUT2D eigenvalue weighted by molar-refractivity contribution is 9.10. The van der Waals surface area contributed by atoms with Crippen molar-refractivity contribution in [3.63, 3.8) is 0 Å². The predicted octanol–water partition coefficient (Wildman–Crippen LogP) is 4.80. The number of halogens is 2. The monoisotopic (exact) mass is 399 g/mol. The molecule has 1 aliphatic rings. The maximum Gasteiger partial charge on any atom is 0.320 e. The first-order valence-electron chi connectivity index (χ1n) is 7.06. The second-order valence-corrected chi connectivity index (χ2v) is 7.90. The van der Waals surface area contributed by atoms with E-state index < -0.39 is 12.0 Å². The van der Waals surface area contributed by atoms with Gasteiger partial charge in [0.25, 0.3) is 0 Å². The summed E-state index contributed by atoms with van der Waals surface area (Å²) in [7, 11) is 0. The van der Waals surface area contributed by atoms with E-state index in [4.69, 9.17) is 11.6 Å². The van der Waals surface area contributed by atoms with E-state index in [2.05, 4.69) is 20.8 Å². The largest absolute Gasteiger partial charge is 0.480 e. The third-order valence-corrected chi connectivity index (χ3v) is 5.98. The molecule has 0 aliphatic carbocycles. The molecule has 1 aromatic heterocycles. The molecule has 3 nitrogen and oxygen atoms in total. The fourth-order valence-electron chi connectivity index (χ4n) is 3.03. The van der Waals surface area contributed by atoms with Gasteiger partial charge in [0.15, 0.2) is 0 Å². The summed E-state index contributed by atoms with van der Waals surface area (Å²) in [5.41, 5.74) is 1.08. The molecule has 2 atom stereocenters. The van der Waals surface area contributed by atoms with Gasteiger partial charge in [-0.3, -0.25) is 9.69 Å². The Morgan fingerprint density at radius 3 is 2.77 bits per heavy atom. The molecule has 116 valence electrons. The molecule has 0 amide bonds. The zero-order valence-electron chi connectivity index (χ0n) is 11.7. The molecule has 6 heteroatoms. The maximum absolute atomic E-state index is 11.6. The number of nitrogens with zero attached hydrogens (tertiary/aromatic N) is 1. The number of benzene rings is 1. The minimum atomic E-state index is -0.753. The van der Waals surface area contributed by atoms with Crippen molar-refractivity contribution >= 4 is 44.8 Å². The molecule has 0 spiro atoms. The Labute approximate surface area is 146 Å². The number of hydrogen-bond acceptors (Lipinski definition) is 3. The van der Waals surface area contributed by atoms with Gasteiger partial charge in [0.2, 0.25) is 0 Å². The van der Waals surface area contributed by atoms with Crippen LogP contribution in [0.1, 0.15) is 29.3 Å². The molecule has 0 radical (unpaired) electrons. The molecule has 2 heterocycles. The lowest BCUT2D eigenvalue weighted by atomic mass is 10.0. The van der Waals surface area contributed by atoms with E-state index in [0.717, 1.165) is 32.2 Å². The number of carboxylic acids is 1. The Morgan fingerprint density at radius 1 is 1.36 bits per heavy atom. The molecule has 1 N–H and O–H groups in total. The first-order chi connectivity index (χ1) is 10.6. The average molecular weight is 401 g/mol. The van der Waals surface area contributed by atoms with E-state index in [9.17, 15) is 9.90 Å². The van der Waals surface area contributed by atoms with Crippen LogP contribution in [0.15, 0.2) is 40.9 Å². The molecule has 1 aromatic carbocycles. The summed E-state index contributed by atoms with van der Waals surface area (Å²) in [6.07, 6.45) is 1.59. The summed E-state index contributed by atoms with van der Waals surface area (Å²) >= 11 is 11.2. The normalized spacial score (nSPS) is 20.2. The third kappa shape index (κ3) is 3.08. The van der Waals surface area contributed by atoms with Gasteiger partial charge >= 0.3 is 5.97 Å². The van der Waals surface area contributed by atoms with Crippen LogP contribution in [0, 0.1) is 0 Å². The SMILES string of the molecule is O=C(O)C1CCCN1C(c1ccc(Cl)s1)c1ccccc1Br. The van der Waals surface area contributed by atoms with Crippen LogP contribution in [0.4, 0.5) is 0 Å². The van der Waals surface area contributed by atoms with Crippen molar-refractivity contribution in [3.8, 4) is 0 Å². The van der Waals surface area contributed by atoms with E-state index >= 15 is 0 Å². The first kappa shape index (κ1) is 16.0. The van der Waals surface area contributed by atoms with Gasteiger partial charge in [-0.2, -0.15) is 0 Å². The number of likely N-dealkylation sites (tertiary alicyclic amines) is 1. The average Bonchev–Trinajstić information content (AvgIpc) is 3.11. The number of rotatable bonds is 4. The van der Waals surface area contributed by atoms with E-state index in [1.54, 1.807) is 0 Å². The molecular formula is C16H15BrClNO2S. The van der Waals surface area contributed by atoms with Crippen molar-refractivity contribution in [1.82, 2.24) is 4.90 Å². The number of thiophene rings is 1. The number of carbonyl (C=O) groups is 1. The molecule has 1 aliphatic heterocycles. The van der Waals surface area contributed by atoms with Crippen molar-refractivity contribution < 1.29 is 9.90 Å². The van der Waals surface area contributed by atoms with Gasteiger partial charge in [-0.05, 0) is 36.6 Å². The van der Waals surface area contributed by atoms with Crippen LogP contribution in [0.2, 0.25) is 4.34 Å². The second kappa shape index (κ2) is 6.71. The fraction of sp³-hybridized carbons (Fsp3) is 0.312. The lowest BCUT2D eigenvalue weighted by Crippen LogP contribution is -2.39. The molecular weight excluding hydrogens is 386 g/mol. The standard InChI is InChI=1S/C16H15BrClNO2S/c17-11-5-2-1-4-10(11)15(13-7-8-14(18)22-13)19-9-3-6-12(19)16(20)21/h1-2,4-5,7-8,12,15H,3,6,9H2,(H,20,21). The van der Waals surface area contributed by atoms with Gasteiger partial charge in [-0.1, -0.05) is 45.7 Å². The van der Waals surface area contributed by atoms with E-state index in [1.165, 1.54) is 11.3 Å². The molecule has 2 aromatic rings.